The van der Waals surface area contributed by atoms with Gasteiger partial charge in [-0.3, -0.25) is 0 Å². The molecule has 0 amide bonds. The summed E-state index contributed by atoms with van der Waals surface area (Å²) in [6.45, 7) is 0. The van der Waals surface area contributed by atoms with Crippen LogP contribution in [0.25, 0.3) is 0 Å². The molecule has 0 spiro atoms. The van der Waals surface area contributed by atoms with Crippen LogP contribution in [-0.2, 0) is 4.79 Å². The zero-order valence-electron chi connectivity index (χ0n) is 8.54. The summed E-state index contributed by atoms with van der Waals surface area (Å²) in [4.78, 5) is 18.9. The fourth-order valence-electron chi connectivity index (χ4n) is 1.68. The lowest BCUT2D eigenvalue weighted by atomic mass is 10.1. The van der Waals surface area contributed by atoms with Crippen molar-refractivity contribution in [2.75, 3.05) is 5.32 Å². The van der Waals surface area contributed by atoms with Gasteiger partial charge in [0.15, 0.2) is 5.84 Å². The lowest BCUT2D eigenvalue weighted by Gasteiger charge is -2.18. The van der Waals surface area contributed by atoms with Crippen LogP contribution in [0.2, 0.25) is 0 Å². The van der Waals surface area contributed by atoms with Gasteiger partial charge >= 0.3 is 5.97 Å². The molecule has 0 aliphatic carbocycles. The second-order valence-electron chi connectivity index (χ2n) is 3.42. The largest absolute Gasteiger partial charge is 0.475 e. The van der Waals surface area contributed by atoms with Gasteiger partial charge in [0, 0.05) is 0 Å². The van der Waals surface area contributed by atoms with Gasteiger partial charge in [0.2, 0.25) is 5.84 Å². The van der Waals surface area contributed by atoms with Gasteiger partial charge in [0.05, 0.1) is 17.5 Å². The summed E-state index contributed by atoms with van der Waals surface area (Å²) in [7, 11) is 0. The van der Waals surface area contributed by atoms with E-state index in [1.54, 1.807) is 18.2 Å². The number of hydrogen-bond donors (Lipinski definition) is 2. The molecule has 17 heavy (non-hydrogen) atoms. The normalized spacial score (nSPS) is 15.8. The molecule has 1 aromatic rings. The van der Waals surface area contributed by atoms with Crippen LogP contribution in [0.5, 0.6) is 5.75 Å². The van der Waals surface area contributed by atoms with E-state index in [0.29, 0.717) is 22.8 Å². The standard InChI is InChI=1S/C11H7N3O3/c15-11(16)10-13-6-2-1-3-7-8(6)9(14-10)12-4-5-17-7/h1-5H,(H,15,16)(H,12,13,14). The first kappa shape index (κ1) is 9.59. The number of hydrogen-bond acceptors (Lipinski definition) is 5. The molecule has 0 bridgehead atoms. The smallest absolute Gasteiger partial charge is 0.371 e. The molecule has 84 valence electrons. The van der Waals surface area contributed by atoms with Crippen LogP contribution in [-0.4, -0.2) is 22.7 Å². The maximum Gasteiger partial charge on any atom is 0.371 e. The van der Waals surface area contributed by atoms with Crippen LogP contribution in [0, 0.1) is 0 Å². The second kappa shape index (κ2) is 3.44. The third-order valence-electron chi connectivity index (χ3n) is 2.38. The van der Waals surface area contributed by atoms with E-state index in [1.807, 2.05) is 0 Å². The third kappa shape index (κ3) is 1.46. The number of nitrogens with one attached hydrogen (secondary N) is 1. The first-order valence-corrected chi connectivity index (χ1v) is 4.87. The van der Waals surface area contributed by atoms with Gasteiger partial charge < -0.3 is 15.2 Å². The first-order chi connectivity index (χ1) is 8.25. The van der Waals surface area contributed by atoms with Gasteiger partial charge in [-0.1, -0.05) is 6.07 Å². The minimum atomic E-state index is -1.13. The van der Waals surface area contributed by atoms with E-state index in [4.69, 9.17) is 9.84 Å². The van der Waals surface area contributed by atoms with Crippen LogP contribution >= 0.6 is 0 Å². The monoisotopic (exact) mass is 229 g/mol. The molecule has 0 aromatic heterocycles. The molecule has 2 aliphatic heterocycles. The maximum absolute atomic E-state index is 10.9. The Hall–Kier alpha value is -2.63. The molecule has 0 unspecified atom stereocenters. The van der Waals surface area contributed by atoms with Gasteiger partial charge in [-0.05, 0) is 12.1 Å². The molecule has 6 heteroatoms. The fourth-order valence-corrected chi connectivity index (χ4v) is 1.68. The van der Waals surface area contributed by atoms with Crippen LogP contribution in [0.4, 0.5) is 5.69 Å². The minimum Gasteiger partial charge on any atom is -0.475 e. The number of nitrogens with zero attached hydrogens (tertiary/aromatic N) is 2. The number of carboxylic acids is 1. The van der Waals surface area contributed by atoms with Crippen molar-refractivity contribution in [3.63, 3.8) is 0 Å². The Kier molecular flexibility index (Phi) is 1.94. The molecule has 2 heterocycles. The predicted molar refractivity (Wildman–Crippen MR) is 61.4 cm³/mol. The van der Waals surface area contributed by atoms with E-state index in [9.17, 15) is 4.79 Å². The van der Waals surface area contributed by atoms with E-state index in [2.05, 4.69) is 15.3 Å². The Morgan fingerprint density at radius 1 is 1.41 bits per heavy atom. The number of ether oxygens (including phenoxy) is 1. The van der Waals surface area contributed by atoms with Crippen molar-refractivity contribution in [1.29, 1.82) is 0 Å². The highest BCUT2D eigenvalue weighted by molar-refractivity contribution is 6.43. The van der Waals surface area contributed by atoms with E-state index >= 15 is 0 Å². The van der Waals surface area contributed by atoms with Crippen molar-refractivity contribution in [2.24, 2.45) is 9.98 Å². The molecule has 0 saturated heterocycles. The number of aliphatic imine (C=N–C) groups is 2. The third-order valence-corrected chi connectivity index (χ3v) is 2.38. The van der Waals surface area contributed by atoms with Crippen LogP contribution in [0.3, 0.4) is 0 Å². The Bertz CT molecular complexity index is 602. The molecule has 0 radical (unpaired) electrons. The zero-order chi connectivity index (χ0) is 11.8. The molecule has 6 nitrogen and oxygen atoms in total. The zero-order valence-corrected chi connectivity index (χ0v) is 8.54. The maximum atomic E-state index is 10.9. The highest BCUT2D eigenvalue weighted by Gasteiger charge is 2.25. The number of rotatable bonds is 1. The average Bonchev–Trinajstić information content (AvgIpc) is 2.53. The number of aliphatic carboxylic acids is 1. The quantitative estimate of drug-likeness (QED) is 0.758. The fraction of sp³-hybridized carbons (Fsp3) is 0. The number of carbonyl (C=O) groups is 1. The summed E-state index contributed by atoms with van der Waals surface area (Å²) in [6.07, 6.45) is 2.87. The molecule has 3 rings (SSSR count). The van der Waals surface area contributed by atoms with Crippen molar-refractivity contribution >= 4 is 23.3 Å². The van der Waals surface area contributed by atoms with Crippen molar-refractivity contribution in [3.8, 4) is 5.75 Å². The summed E-state index contributed by atoms with van der Waals surface area (Å²) in [5.74, 6) is -0.349. The topological polar surface area (TPSA) is 83.3 Å². The van der Waals surface area contributed by atoms with Gasteiger partial charge in [0.1, 0.15) is 12.0 Å². The minimum absolute atomic E-state index is 0.149. The van der Waals surface area contributed by atoms with Crippen molar-refractivity contribution in [1.82, 2.24) is 0 Å². The SMILES string of the molecule is O=C(O)C1=NC2=NC=COc3cccc(c32)N1. The summed E-state index contributed by atoms with van der Waals surface area (Å²) in [5.41, 5.74) is 1.29. The molecular weight excluding hydrogens is 222 g/mol. The van der Waals surface area contributed by atoms with E-state index in [1.165, 1.54) is 12.5 Å². The molecule has 0 fully saturated rings. The predicted octanol–water partition coefficient (Wildman–Crippen LogP) is 1.21. The van der Waals surface area contributed by atoms with Crippen molar-refractivity contribution in [3.05, 3.63) is 36.2 Å². The van der Waals surface area contributed by atoms with E-state index in [0.717, 1.165) is 0 Å². The Labute approximate surface area is 96.0 Å². The van der Waals surface area contributed by atoms with Crippen molar-refractivity contribution in [2.45, 2.75) is 0 Å². The Morgan fingerprint density at radius 3 is 3.12 bits per heavy atom. The van der Waals surface area contributed by atoms with Gasteiger partial charge in [0.25, 0.3) is 0 Å². The van der Waals surface area contributed by atoms with Crippen LogP contribution in [0.15, 0.2) is 40.6 Å². The number of amidine groups is 2. The molecule has 0 atom stereocenters. The summed E-state index contributed by atoms with van der Waals surface area (Å²) in [6, 6.07) is 5.29. The molecular formula is C11H7N3O3. The Balaban J connectivity index is 2.23. The Morgan fingerprint density at radius 2 is 2.29 bits per heavy atom. The van der Waals surface area contributed by atoms with Crippen LogP contribution < -0.4 is 10.1 Å². The molecule has 0 saturated carbocycles. The number of benzene rings is 1. The summed E-state index contributed by atoms with van der Waals surface area (Å²) in [5, 5.41) is 11.7. The lowest BCUT2D eigenvalue weighted by molar-refractivity contribution is -0.129. The molecule has 1 aromatic carbocycles. The highest BCUT2D eigenvalue weighted by atomic mass is 16.5. The van der Waals surface area contributed by atoms with Gasteiger partial charge in [-0.15, -0.1) is 0 Å². The second-order valence-corrected chi connectivity index (χ2v) is 3.42. The van der Waals surface area contributed by atoms with Gasteiger partial charge in [-0.2, -0.15) is 0 Å². The van der Waals surface area contributed by atoms with Crippen LogP contribution in [0.1, 0.15) is 5.56 Å². The molecule has 2 aliphatic rings. The lowest BCUT2D eigenvalue weighted by Crippen LogP contribution is -2.28. The first-order valence-electron chi connectivity index (χ1n) is 4.87. The number of carboxylic acid groups (broad SMARTS) is 1. The summed E-state index contributed by atoms with van der Waals surface area (Å²) >= 11 is 0. The van der Waals surface area contributed by atoms with Crippen molar-refractivity contribution < 1.29 is 14.6 Å². The average molecular weight is 229 g/mol. The summed E-state index contributed by atoms with van der Waals surface area (Å²) < 4.78 is 5.34. The number of anilines is 1. The van der Waals surface area contributed by atoms with Gasteiger partial charge in [-0.25, -0.2) is 14.8 Å². The van der Waals surface area contributed by atoms with E-state index in [-0.39, 0.29) is 5.84 Å². The van der Waals surface area contributed by atoms with E-state index < -0.39 is 5.97 Å². The molecule has 2 N–H and O–H groups in total. The highest BCUT2D eigenvalue weighted by Crippen LogP contribution is 2.31.